The highest BCUT2D eigenvalue weighted by Crippen LogP contribution is 2.23. The molecule has 58 valence electrons. The van der Waals surface area contributed by atoms with Crippen molar-refractivity contribution < 1.29 is 0 Å². The number of hydrogen-bond acceptors (Lipinski definition) is 2. The van der Waals surface area contributed by atoms with Crippen LogP contribution in [-0.4, -0.2) is 7.05 Å². The lowest BCUT2D eigenvalue weighted by molar-refractivity contribution is 0.949. The third kappa shape index (κ3) is 4.50. The van der Waals surface area contributed by atoms with Crippen molar-refractivity contribution in [3.8, 4) is 0 Å². The van der Waals surface area contributed by atoms with Crippen LogP contribution in [0.1, 0.15) is 19.8 Å². The molecule has 0 aliphatic heterocycles. The number of rotatable bonds is 5. The molecule has 0 heterocycles. The molecule has 1 nitrogen and oxygen atoms in total. The molecule has 0 rings (SSSR count). The Kier molecular flexibility index (Phi) is 5.22. The third-order valence-corrected chi connectivity index (χ3v) is 2.02. The molecule has 0 aromatic rings. The molecule has 0 fully saturated rings. The summed E-state index contributed by atoms with van der Waals surface area (Å²) in [5.74, 6) is 0. The van der Waals surface area contributed by atoms with E-state index in [1.807, 2.05) is 7.05 Å². The third-order valence-electron chi connectivity index (χ3n) is 1.08. The van der Waals surface area contributed by atoms with Gasteiger partial charge in [0.15, 0.2) is 0 Å². The fourth-order valence-electron chi connectivity index (χ4n) is 0.555. The molecule has 0 aliphatic rings. The highest BCUT2D eigenvalue weighted by molar-refractivity contribution is 8.06. The summed E-state index contributed by atoms with van der Waals surface area (Å²) in [6.07, 6.45) is 2.23. The summed E-state index contributed by atoms with van der Waals surface area (Å²) in [7, 11) is 1.87. The van der Waals surface area contributed by atoms with Crippen molar-refractivity contribution in [3.05, 3.63) is 23.1 Å². The molecule has 0 aromatic heterocycles. The average Bonchev–Trinajstić information content (AvgIpc) is 1.88. The van der Waals surface area contributed by atoms with Crippen molar-refractivity contribution in [2.24, 2.45) is 0 Å². The van der Waals surface area contributed by atoms with Crippen molar-refractivity contribution >= 4 is 11.8 Å². The first-order valence-electron chi connectivity index (χ1n) is 3.43. The van der Waals surface area contributed by atoms with E-state index in [0.717, 1.165) is 17.9 Å². The molecule has 0 aromatic carbocycles. The highest BCUT2D eigenvalue weighted by atomic mass is 32.2. The Hall–Kier alpha value is -0.370. The molecule has 1 N–H and O–H groups in total. The molecule has 0 unspecified atom stereocenters. The van der Waals surface area contributed by atoms with Gasteiger partial charge in [0.25, 0.3) is 0 Å². The van der Waals surface area contributed by atoms with Gasteiger partial charge in [0.1, 0.15) is 0 Å². The minimum atomic E-state index is 0.971. The summed E-state index contributed by atoms with van der Waals surface area (Å²) in [6, 6.07) is 0. The Bertz CT molecular complexity index is 129. The van der Waals surface area contributed by atoms with Crippen LogP contribution in [0.3, 0.4) is 0 Å². The molecule has 0 aliphatic carbocycles. The maximum absolute atomic E-state index is 3.89. The molecule has 0 radical (unpaired) electrons. The molecule has 0 saturated heterocycles. The van der Waals surface area contributed by atoms with Crippen molar-refractivity contribution in [2.75, 3.05) is 7.05 Å². The Labute approximate surface area is 67.6 Å². The second-order valence-corrected chi connectivity index (χ2v) is 3.34. The van der Waals surface area contributed by atoms with Crippen LogP contribution in [0.15, 0.2) is 23.1 Å². The zero-order valence-corrected chi connectivity index (χ0v) is 7.55. The molecular formula is C8H15NS. The predicted molar refractivity (Wildman–Crippen MR) is 49.8 cm³/mol. The Morgan fingerprint density at radius 1 is 1.50 bits per heavy atom. The van der Waals surface area contributed by atoms with Gasteiger partial charge in [0, 0.05) is 7.05 Å². The second kappa shape index (κ2) is 5.42. The minimum absolute atomic E-state index is 0.971. The molecule has 0 amide bonds. The molecule has 0 bridgehead atoms. The summed E-state index contributed by atoms with van der Waals surface area (Å²) >= 11 is 1.62. The summed E-state index contributed by atoms with van der Waals surface area (Å²) < 4.78 is 0. The van der Waals surface area contributed by atoms with Gasteiger partial charge >= 0.3 is 0 Å². The molecule has 0 saturated carbocycles. The van der Waals surface area contributed by atoms with Gasteiger partial charge in [-0.15, -0.1) is 0 Å². The first-order chi connectivity index (χ1) is 4.70. The van der Waals surface area contributed by atoms with Crippen LogP contribution in [0.2, 0.25) is 0 Å². The van der Waals surface area contributed by atoms with Crippen LogP contribution in [0.4, 0.5) is 0 Å². The number of nitrogens with one attached hydrogen (secondary N) is 1. The summed E-state index contributed by atoms with van der Waals surface area (Å²) in [4.78, 5) is 1.18. The smallest absolute Gasteiger partial charge is 0.0650 e. The van der Waals surface area contributed by atoms with Crippen LogP contribution in [0, 0.1) is 0 Å². The summed E-state index contributed by atoms with van der Waals surface area (Å²) in [5, 5.41) is 3.93. The lowest BCUT2D eigenvalue weighted by Crippen LogP contribution is -1.99. The largest absolute Gasteiger partial charge is 0.383 e. The van der Waals surface area contributed by atoms with E-state index in [-0.39, 0.29) is 0 Å². The van der Waals surface area contributed by atoms with E-state index in [4.69, 9.17) is 0 Å². The van der Waals surface area contributed by atoms with Crippen LogP contribution < -0.4 is 5.32 Å². The zero-order valence-electron chi connectivity index (χ0n) is 6.74. The van der Waals surface area contributed by atoms with Gasteiger partial charge in [-0.1, -0.05) is 38.3 Å². The first kappa shape index (κ1) is 9.63. The highest BCUT2D eigenvalue weighted by Gasteiger charge is 1.94. The summed E-state index contributed by atoms with van der Waals surface area (Å²) in [6.45, 7) is 9.83. The van der Waals surface area contributed by atoms with E-state index in [1.54, 1.807) is 11.8 Å². The van der Waals surface area contributed by atoms with Crippen molar-refractivity contribution in [1.82, 2.24) is 5.32 Å². The van der Waals surface area contributed by atoms with Crippen LogP contribution in [0.25, 0.3) is 0 Å². The van der Waals surface area contributed by atoms with Gasteiger partial charge in [-0.2, -0.15) is 0 Å². The van der Waals surface area contributed by atoms with Crippen molar-refractivity contribution in [3.63, 3.8) is 0 Å². The van der Waals surface area contributed by atoms with Crippen molar-refractivity contribution in [1.29, 1.82) is 0 Å². The van der Waals surface area contributed by atoms with Crippen LogP contribution in [-0.2, 0) is 0 Å². The SMILES string of the molecule is C=C(CCC)SC(=C)NC. The van der Waals surface area contributed by atoms with Gasteiger partial charge in [0.2, 0.25) is 0 Å². The predicted octanol–water partition coefficient (Wildman–Crippen LogP) is 2.72. The first-order valence-corrected chi connectivity index (χ1v) is 4.24. The Morgan fingerprint density at radius 3 is 2.50 bits per heavy atom. The van der Waals surface area contributed by atoms with Gasteiger partial charge in [-0.3, -0.25) is 0 Å². The van der Waals surface area contributed by atoms with E-state index in [2.05, 4.69) is 25.4 Å². The molecular weight excluding hydrogens is 142 g/mol. The van der Waals surface area contributed by atoms with E-state index in [9.17, 15) is 0 Å². The van der Waals surface area contributed by atoms with E-state index in [0.29, 0.717) is 0 Å². The fourth-order valence-corrected chi connectivity index (χ4v) is 1.31. The van der Waals surface area contributed by atoms with Gasteiger partial charge in [-0.25, -0.2) is 0 Å². The van der Waals surface area contributed by atoms with E-state index >= 15 is 0 Å². The van der Waals surface area contributed by atoms with E-state index in [1.165, 1.54) is 4.91 Å². The fraction of sp³-hybridized carbons (Fsp3) is 0.500. The van der Waals surface area contributed by atoms with Crippen LogP contribution >= 0.6 is 11.8 Å². The minimum Gasteiger partial charge on any atom is -0.383 e. The normalized spacial score (nSPS) is 9.00. The number of hydrogen-bond donors (Lipinski definition) is 1. The van der Waals surface area contributed by atoms with Gasteiger partial charge in [0.05, 0.1) is 5.03 Å². The topological polar surface area (TPSA) is 12.0 Å². The van der Waals surface area contributed by atoms with Gasteiger partial charge in [-0.05, 0) is 11.3 Å². The quantitative estimate of drug-likeness (QED) is 0.658. The lowest BCUT2D eigenvalue weighted by Gasteiger charge is -2.04. The van der Waals surface area contributed by atoms with Crippen LogP contribution in [0.5, 0.6) is 0 Å². The molecule has 2 heteroatoms. The molecule has 10 heavy (non-hydrogen) atoms. The molecule has 0 spiro atoms. The van der Waals surface area contributed by atoms with Gasteiger partial charge < -0.3 is 5.32 Å². The monoisotopic (exact) mass is 157 g/mol. The summed E-state index contributed by atoms with van der Waals surface area (Å²) in [5.41, 5.74) is 0. The maximum atomic E-state index is 3.89. The lowest BCUT2D eigenvalue weighted by atomic mass is 10.3. The second-order valence-electron chi connectivity index (χ2n) is 2.06. The Morgan fingerprint density at radius 2 is 2.10 bits per heavy atom. The van der Waals surface area contributed by atoms with E-state index < -0.39 is 0 Å². The number of allylic oxidation sites excluding steroid dienone is 1. The number of thioether (sulfide) groups is 1. The Balaban J connectivity index is 3.47. The average molecular weight is 157 g/mol. The van der Waals surface area contributed by atoms with Crippen molar-refractivity contribution in [2.45, 2.75) is 19.8 Å². The zero-order chi connectivity index (χ0) is 7.98. The standard InChI is InChI=1S/C8H15NS/c1-5-6-7(2)10-8(3)9-4/h9H,2-3,5-6H2,1,4H3. The molecule has 0 atom stereocenters. The maximum Gasteiger partial charge on any atom is 0.0650 e.